The molecular weight excluding hydrogens is 187 g/mol. The SMILES string of the molecule is O=Cc1cc(F)cc(OCCCO)c1. The summed E-state index contributed by atoms with van der Waals surface area (Å²) < 4.78 is 17.9. The molecule has 0 saturated heterocycles. The van der Waals surface area contributed by atoms with Crippen molar-refractivity contribution in [3.05, 3.63) is 29.6 Å². The Bertz CT molecular complexity index is 312. The van der Waals surface area contributed by atoms with Gasteiger partial charge in [-0.25, -0.2) is 4.39 Å². The van der Waals surface area contributed by atoms with Crippen molar-refractivity contribution in [1.29, 1.82) is 0 Å². The van der Waals surface area contributed by atoms with Crippen LogP contribution in [0.2, 0.25) is 0 Å². The number of rotatable bonds is 5. The van der Waals surface area contributed by atoms with Crippen LogP contribution in [0.1, 0.15) is 16.8 Å². The molecule has 0 bridgehead atoms. The van der Waals surface area contributed by atoms with Crippen molar-refractivity contribution in [3.63, 3.8) is 0 Å². The van der Waals surface area contributed by atoms with E-state index in [-0.39, 0.29) is 12.2 Å². The average molecular weight is 198 g/mol. The molecule has 0 aliphatic heterocycles. The van der Waals surface area contributed by atoms with E-state index < -0.39 is 5.82 Å². The standard InChI is InChI=1S/C10H11FO3/c11-9-4-8(7-13)5-10(6-9)14-3-1-2-12/h4-7,12H,1-3H2. The first-order chi connectivity index (χ1) is 6.76. The molecule has 0 unspecified atom stereocenters. The summed E-state index contributed by atoms with van der Waals surface area (Å²) >= 11 is 0. The largest absolute Gasteiger partial charge is 0.493 e. The average Bonchev–Trinajstić information content (AvgIpc) is 2.17. The highest BCUT2D eigenvalue weighted by Crippen LogP contribution is 2.15. The molecule has 0 radical (unpaired) electrons. The number of hydrogen-bond donors (Lipinski definition) is 1. The van der Waals surface area contributed by atoms with Crippen molar-refractivity contribution < 1.29 is 19.0 Å². The van der Waals surface area contributed by atoms with Gasteiger partial charge in [-0.3, -0.25) is 4.79 Å². The second kappa shape index (κ2) is 5.34. The van der Waals surface area contributed by atoms with E-state index in [2.05, 4.69) is 0 Å². The molecule has 0 aliphatic carbocycles. The third kappa shape index (κ3) is 3.14. The normalized spacial score (nSPS) is 9.86. The molecule has 3 nitrogen and oxygen atoms in total. The lowest BCUT2D eigenvalue weighted by Gasteiger charge is -2.05. The van der Waals surface area contributed by atoms with Crippen LogP contribution in [-0.2, 0) is 0 Å². The van der Waals surface area contributed by atoms with Crippen LogP contribution in [0.25, 0.3) is 0 Å². The van der Waals surface area contributed by atoms with Crippen molar-refractivity contribution in [2.75, 3.05) is 13.2 Å². The molecule has 0 fully saturated rings. The number of ether oxygens (including phenoxy) is 1. The van der Waals surface area contributed by atoms with E-state index in [1.165, 1.54) is 12.1 Å². The van der Waals surface area contributed by atoms with E-state index in [0.717, 1.165) is 6.07 Å². The minimum absolute atomic E-state index is 0.0237. The molecule has 14 heavy (non-hydrogen) atoms. The molecule has 0 amide bonds. The van der Waals surface area contributed by atoms with Crippen molar-refractivity contribution >= 4 is 6.29 Å². The van der Waals surface area contributed by atoms with E-state index in [9.17, 15) is 9.18 Å². The smallest absolute Gasteiger partial charge is 0.150 e. The second-order valence-electron chi connectivity index (χ2n) is 2.76. The van der Waals surface area contributed by atoms with Crippen LogP contribution in [0.4, 0.5) is 4.39 Å². The summed E-state index contributed by atoms with van der Waals surface area (Å²) in [6, 6.07) is 3.78. The Kier molecular flexibility index (Phi) is 4.07. The first-order valence-corrected chi connectivity index (χ1v) is 4.25. The maximum atomic E-state index is 12.8. The Morgan fingerprint density at radius 3 is 2.86 bits per heavy atom. The molecule has 4 heteroatoms. The van der Waals surface area contributed by atoms with Gasteiger partial charge < -0.3 is 9.84 Å². The zero-order chi connectivity index (χ0) is 10.4. The molecular formula is C10H11FO3. The molecule has 1 rings (SSSR count). The van der Waals surface area contributed by atoms with Gasteiger partial charge in [0.1, 0.15) is 17.9 Å². The molecule has 1 aromatic rings. The Morgan fingerprint density at radius 1 is 1.43 bits per heavy atom. The highest BCUT2D eigenvalue weighted by Gasteiger charge is 2.00. The second-order valence-corrected chi connectivity index (χ2v) is 2.76. The lowest BCUT2D eigenvalue weighted by molar-refractivity contribution is 0.112. The minimum Gasteiger partial charge on any atom is -0.493 e. The summed E-state index contributed by atoms with van der Waals surface area (Å²) in [4.78, 5) is 10.4. The van der Waals surface area contributed by atoms with Gasteiger partial charge in [0, 0.05) is 24.7 Å². The van der Waals surface area contributed by atoms with Crippen LogP contribution in [0.3, 0.4) is 0 Å². The number of aldehydes is 1. The van der Waals surface area contributed by atoms with Gasteiger partial charge >= 0.3 is 0 Å². The zero-order valence-electron chi connectivity index (χ0n) is 7.57. The van der Waals surface area contributed by atoms with Crippen LogP contribution >= 0.6 is 0 Å². The molecule has 0 spiro atoms. The van der Waals surface area contributed by atoms with E-state index in [1.54, 1.807) is 0 Å². The molecule has 0 atom stereocenters. The Balaban J connectivity index is 2.66. The Hall–Kier alpha value is -1.42. The van der Waals surface area contributed by atoms with E-state index >= 15 is 0 Å². The highest BCUT2D eigenvalue weighted by molar-refractivity contribution is 5.75. The minimum atomic E-state index is -0.506. The number of carbonyl (C=O) groups excluding carboxylic acids is 1. The van der Waals surface area contributed by atoms with E-state index in [4.69, 9.17) is 9.84 Å². The number of benzene rings is 1. The van der Waals surface area contributed by atoms with Crippen molar-refractivity contribution in [3.8, 4) is 5.75 Å². The fourth-order valence-electron chi connectivity index (χ4n) is 0.990. The summed E-state index contributed by atoms with van der Waals surface area (Å²) in [7, 11) is 0. The van der Waals surface area contributed by atoms with Crippen LogP contribution in [0.5, 0.6) is 5.75 Å². The Labute approximate surface area is 81.1 Å². The quantitative estimate of drug-likeness (QED) is 0.574. The van der Waals surface area contributed by atoms with Crippen molar-refractivity contribution in [2.45, 2.75) is 6.42 Å². The monoisotopic (exact) mass is 198 g/mol. The number of halogens is 1. The Morgan fingerprint density at radius 2 is 2.21 bits per heavy atom. The predicted molar refractivity (Wildman–Crippen MR) is 49.0 cm³/mol. The van der Waals surface area contributed by atoms with Gasteiger partial charge in [-0.15, -0.1) is 0 Å². The maximum absolute atomic E-state index is 12.8. The van der Waals surface area contributed by atoms with Crippen LogP contribution in [0, 0.1) is 5.82 Å². The zero-order valence-corrected chi connectivity index (χ0v) is 7.57. The van der Waals surface area contributed by atoms with Gasteiger partial charge in [-0.2, -0.15) is 0 Å². The van der Waals surface area contributed by atoms with Gasteiger partial charge in [0.25, 0.3) is 0 Å². The highest BCUT2D eigenvalue weighted by atomic mass is 19.1. The first-order valence-electron chi connectivity index (χ1n) is 4.25. The van der Waals surface area contributed by atoms with E-state index in [0.29, 0.717) is 25.1 Å². The van der Waals surface area contributed by atoms with Crippen LogP contribution < -0.4 is 4.74 Å². The molecule has 0 aromatic heterocycles. The third-order valence-electron chi connectivity index (χ3n) is 1.60. The van der Waals surface area contributed by atoms with Crippen LogP contribution in [-0.4, -0.2) is 24.6 Å². The lowest BCUT2D eigenvalue weighted by Crippen LogP contribution is -2.00. The molecule has 0 heterocycles. The lowest BCUT2D eigenvalue weighted by atomic mass is 10.2. The predicted octanol–water partition coefficient (Wildman–Crippen LogP) is 1.40. The number of aliphatic hydroxyl groups is 1. The fourth-order valence-corrected chi connectivity index (χ4v) is 0.990. The fraction of sp³-hybridized carbons (Fsp3) is 0.300. The van der Waals surface area contributed by atoms with Crippen molar-refractivity contribution in [2.24, 2.45) is 0 Å². The summed E-state index contributed by atoms with van der Waals surface area (Å²) in [6.07, 6.45) is 1.04. The summed E-state index contributed by atoms with van der Waals surface area (Å²) in [5, 5.41) is 8.49. The number of hydrogen-bond acceptors (Lipinski definition) is 3. The summed E-state index contributed by atoms with van der Waals surface area (Å²) in [5.41, 5.74) is 0.240. The van der Waals surface area contributed by atoms with Gasteiger partial charge in [0.15, 0.2) is 0 Å². The van der Waals surface area contributed by atoms with Gasteiger partial charge in [0.2, 0.25) is 0 Å². The topological polar surface area (TPSA) is 46.5 Å². The van der Waals surface area contributed by atoms with Gasteiger partial charge in [-0.1, -0.05) is 0 Å². The summed E-state index contributed by atoms with van der Waals surface area (Å²) in [5.74, 6) is -0.200. The number of carbonyl (C=O) groups is 1. The van der Waals surface area contributed by atoms with Gasteiger partial charge in [-0.05, 0) is 12.1 Å². The molecule has 76 valence electrons. The van der Waals surface area contributed by atoms with Crippen LogP contribution in [0.15, 0.2) is 18.2 Å². The molecule has 0 saturated carbocycles. The summed E-state index contributed by atoms with van der Waals surface area (Å²) in [6.45, 7) is 0.327. The third-order valence-corrected chi connectivity index (χ3v) is 1.60. The first kappa shape index (κ1) is 10.7. The molecule has 0 aliphatic rings. The molecule has 1 aromatic carbocycles. The van der Waals surface area contributed by atoms with Gasteiger partial charge in [0.05, 0.1) is 6.61 Å². The number of aliphatic hydroxyl groups excluding tert-OH is 1. The maximum Gasteiger partial charge on any atom is 0.150 e. The van der Waals surface area contributed by atoms with Crippen molar-refractivity contribution in [1.82, 2.24) is 0 Å². The molecule has 1 N–H and O–H groups in total. The van der Waals surface area contributed by atoms with E-state index in [1.807, 2.05) is 0 Å².